The minimum Gasteiger partial charge on any atom is -0.497 e. The highest BCUT2D eigenvalue weighted by Crippen LogP contribution is 2.21. The van der Waals surface area contributed by atoms with Crippen molar-refractivity contribution in [2.45, 2.75) is 25.8 Å². The fourth-order valence-corrected chi connectivity index (χ4v) is 1.77. The molecule has 0 bridgehead atoms. The van der Waals surface area contributed by atoms with Crippen LogP contribution in [0, 0.1) is 0 Å². The SMILES string of the molecule is CCCC(N)C(=O)c1nnc(-c2ccc(OC)cc2)o1.Cl. The topological polar surface area (TPSA) is 91.2 Å². The fourth-order valence-electron chi connectivity index (χ4n) is 1.77. The summed E-state index contributed by atoms with van der Waals surface area (Å²) in [5, 5.41) is 7.63. The zero-order valence-electron chi connectivity index (χ0n) is 11.9. The Labute approximate surface area is 129 Å². The Kier molecular flexibility index (Phi) is 6.33. The molecular weight excluding hydrogens is 294 g/mol. The molecule has 0 saturated carbocycles. The van der Waals surface area contributed by atoms with E-state index >= 15 is 0 Å². The van der Waals surface area contributed by atoms with E-state index in [9.17, 15) is 4.79 Å². The van der Waals surface area contributed by atoms with Gasteiger partial charge in [0, 0.05) is 5.56 Å². The maximum Gasteiger partial charge on any atom is 0.285 e. The summed E-state index contributed by atoms with van der Waals surface area (Å²) in [7, 11) is 1.59. The minimum atomic E-state index is -0.593. The number of nitrogens with zero attached hydrogens (tertiary/aromatic N) is 2. The van der Waals surface area contributed by atoms with E-state index in [-0.39, 0.29) is 24.1 Å². The molecule has 1 aromatic carbocycles. The van der Waals surface area contributed by atoms with Gasteiger partial charge in [-0.15, -0.1) is 22.6 Å². The lowest BCUT2D eigenvalue weighted by Gasteiger charge is -2.04. The molecule has 114 valence electrons. The number of ether oxygens (including phenoxy) is 1. The van der Waals surface area contributed by atoms with E-state index in [1.165, 1.54) is 0 Å². The lowest BCUT2D eigenvalue weighted by Crippen LogP contribution is -2.30. The van der Waals surface area contributed by atoms with Crippen LogP contribution in [0.2, 0.25) is 0 Å². The van der Waals surface area contributed by atoms with Crippen molar-refractivity contribution in [1.29, 1.82) is 0 Å². The summed E-state index contributed by atoms with van der Waals surface area (Å²) < 4.78 is 10.4. The van der Waals surface area contributed by atoms with Gasteiger partial charge in [0.1, 0.15) is 5.75 Å². The second-order valence-electron chi connectivity index (χ2n) is 4.40. The van der Waals surface area contributed by atoms with E-state index in [4.69, 9.17) is 14.9 Å². The number of methoxy groups -OCH3 is 1. The van der Waals surface area contributed by atoms with Gasteiger partial charge in [0.25, 0.3) is 5.89 Å². The molecule has 0 amide bonds. The number of carbonyl (C=O) groups is 1. The molecular formula is C14H18ClN3O3. The first-order chi connectivity index (χ1) is 9.65. The molecule has 2 rings (SSSR count). The molecule has 0 saturated heterocycles. The van der Waals surface area contributed by atoms with Crippen LogP contribution in [0.5, 0.6) is 5.75 Å². The van der Waals surface area contributed by atoms with Crippen molar-refractivity contribution in [3.8, 4) is 17.2 Å². The third-order valence-electron chi connectivity index (χ3n) is 2.91. The third-order valence-corrected chi connectivity index (χ3v) is 2.91. The van der Waals surface area contributed by atoms with Gasteiger partial charge in [-0.25, -0.2) is 0 Å². The van der Waals surface area contributed by atoms with Crippen LogP contribution in [0.25, 0.3) is 11.5 Å². The molecule has 6 nitrogen and oxygen atoms in total. The number of hydrogen-bond acceptors (Lipinski definition) is 6. The number of nitrogens with two attached hydrogens (primary N) is 1. The summed E-state index contributed by atoms with van der Waals surface area (Å²) in [6.07, 6.45) is 1.42. The van der Waals surface area contributed by atoms with Gasteiger partial charge >= 0.3 is 0 Å². The molecule has 0 aliphatic rings. The lowest BCUT2D eigenvalue weighted by molar-refractivity contribution is 0.0923. The first-order valence-corrected chi connectivity index (χ1v) is 6.43. The van der Waals surface area contributed by atoms with Crippen LogP contribution >= 0.6 is 12.4 Å². The largest absolute Gasteiger partial charge is 0.497 e. The lowest BCUT2D eigenvalue weighted by atomic mass is 10.1. The van der Waals surface area contributed by atoms with Crippen molar-refractivity contribution >= 4 is 18.2 Å². The fraction of sp³-hybridized carbons (Fsp3) is 0.357. The predicted octanol–water partition coefficient (Wildman–Crippen LogP) is 2.48. The molecule has 0 fully saturated rings. The van der Waals surface area contributed by atoms with Crippen molar-refractivity contribution in [3.05, 3.63) is 30.2 Å². The highest BCUT2D eigenvalue weighted by Gasteiger charge is 2.21. The van der Waals surface area contributed by atoms with Crippen LogP contribution < -0.4 is 10.5 Å². The van der Waals surface area contributed by atoms with Crippen molar-refractivity contribution in [2.24, 2.45) is 5.73 Å². The van der Waals surface area contributed by atoms with Crippen LogP contribution in [-0.4, -0.2) is 29.1 Å². The van der Waals surface area contributed by atoms with Crippen molar-refractivity contribution in [3.63, 3.8) is 0 Å². The number of carbonyl (C=O) groups excluding carboxylic acids is 1. The Morgan fingerprint density at radius 1 is 1.33 bits per heavy atom. The minimum absolute atomic E-state index is 0. The van der Waals surface area contributed by atoms with E-state index in [2.05, 4.69) is 10.2 Å². The van der Waals surface area contributed by atoms with Crippen molar-refractivity contribution in [2.75, 3.05) is 7.11 Å². The highest BCUT2D eigenvalue weighted by molar-refractivity contribution is 5.96. The Balaban J connectivity index is 0.00000220. The van der Waals surface area contributed by atoms with Crippen LogP contribution in [0.3, 0.4) is 0 Å². The van der Waals surface area contributed by atoms with Crippen LogP contribution in [0.15, 0.2) is 28.7 Å². The number of aromatic nitrogens is 2. The molecule has 0 aliphatic carbocycles. The maximum atomic E-state index is 11.9. The summed E-state index contributed by atoms with van der Waals surface area (Å²) in [5.74, 6) is 0.658. The Hall–Kier alpha value is -1.92. The van der Waals surface area contributed by atoms with E-state index in [0.717, 1.165) is 17.7 Å². The Morgan fingerprint density at radius 3 is 2.57 bits per heavy atom. The van der Waals surface area contributed by atoms with Gasteiger partial charge in [-0.1, -0.05) is 13.3 Å². The van der Waals surface area contributed by atoms with Crippen LogP contribution in [0.4, 0.5) is 0 Å². The van der Waals surface area contributed by atoms with Gasteiger partial charge in [-0.05, 0) is 30.7 Å². The summed E-state index contributed by atoms with van der Waals surface area (Å²) in [5.41, 5.74) is 6.48. The zero-order chi connectivity index (χ0) is 14.5. The first kappa shape index (κ1) is 17.1. The molecule has 0 aliphatic heterocycles. The van der Waals surface area contributed by atoms with E-state index < -0.39 is 6.04 Å². The summed E-state index contributed by atoms with van der Waals surface area (Å²) in [4.78, 5) is 11.9. The molecule has 2 N–H and O–H groups in total. The maximum absolute atomic E-state index is 11.9. The van der Waals surface area contributed by atoms with Gasteiger partial charge in [0.05, 0.1) is 13.2 Å². The first-order valence-electron chi connectivity index (χ1n) is 6.43. The number of hydrogen-bond donors (Lipinski definition) is 1. The number of ketones is 1. The van der Waals surface area contributed by atoms with E-state index in [0.29, 0.717) is 12.3 Å². The normalized spacial score (nSPS) is 11.6. The second-order valence-corrected chi connectivity index (χ2v) is 4.40. The highest BCUT2D eigenvalue weighted by atomic mass is 35.5. The average Bonchev–Trinajstić information content (AvgIpc) is 2.96. The number of rotatable bonds is 6. The standard InChI is InChI=1S/C14H17N3O3.ClH/c1-3-4-11(15)12(18)14-17-16-13(20-14)9-5-7-10(19-2)8-6-9;/h5-8,11H,3-4,15H2,1-2H3;1H. The molecule has 0 spiro atoms. The molecule has 1 unspecified atom stereocenters. The number of halogens is 1. The number of Topliss-reactive ketones (excluding diaryl/α,β-unsaturated/α-hetero) is 1. The molecule has 0 radical (unpaired) electrons. The van der Waals surface area contributed by atoms with E-state index in [1.807, 2.05) is 6.92 Å². The molecule has 2 aromatic rings. The molecule has 21 heavy (non-hydrogen) atoms. The number of benzene rings is 1. The third kappa shape index (κ3) is 4.03. The second kappa shape index (κ2) is 7.75. The summed E-state index contributed by atoms with van der Waals surface area (Å²) in [6, 6.07) is 6.54. The predicted molar refractivity (Wildman–Crippen MR) is 80.7 cm³/mol. The van der Waals surface area contributed by atoms with Gasteiger partial charge in [-0.3, -0.25) is 4.79 Å². The smallest absolute Gasteiger partial charge is 0.285 e. The Bertz CT molecular complexity index is 583. The van der Waals surface area contributed by atoms with Crippen LogP contribution in [-0.2, 0) is 0 Å². The van der Waals surface area contributed by atoms with Crippen molar-refractivity contribution in [1.82, 2.24) is 10.2 Å². The van der Waals surface area contributed by atoms with Gasteiger partial charge in [-0.2, -0.15) is 0 Å². The zero-order valence-corrected chi connectivity index (χ0v) is 12.7. The van der Waals surface area contributed by atoms with E-state index in [1.54, 1.807) is 31.4 Å². The molecule has 1 heterocycles. The van der Waals surface area contributed by atoms with Crippen molar-refractivity contribution < 1.29 is 13.9 Å². The average molecular weight is 312 g/mol. The molecule has 1 aromatic heterocycles. The van der Waals surface area contributed by atoms with Gasteiger partial charge < -0.3 is 14.9 Å². The summed E-state index contributed by atoms with van der Waals surface area (Å²) >= 11 is 0. The van der Waals surface area contributed by atoms with Gasteiger partial charge in [0.2, 0.25) is 11.7 Å². The monoisotopic (exact) mass is 311 g/mol. The molecule has 1 atom stereocenters. The summed E-state index contributed by atoms with van der Waals surface area (Å²) in [6.45, 7) is 1.96. The quantitative estimate of drug-likeness (QED) is 0.824. The Morgan fingerprint density at radius 2 is 2.00 bits per heavy atom. The molecule has 7 heteroatoms. The van der Waals surface area contributed by atoms with Crippen LogP contribution in [0.1, 0.15) is 30.5 Å². The van der Waals surface area contributed by atoms with Gasteiger partial charge in [0.15, 0.2) is 0 Å².